The first kappa shape index (κ1) is 20.8. The van der Waals surface area contributed by atoms with Gasteiger partial charge < -0.3 is 4.90 Å². The zero-order chi connectivity index (χ0) is 20.6. The van der Waals surface area contributed by atoms with E-state index in [-0.39, 0.29) is 21.7 Å². The third kappa shape index (κ3) is 4.35. The Hall–Kier alpha value is -1.49. The largest absolute Gasteiger partial charge is 0.341 e. The molecule has 0 spiro atoms. The summed E-state index contributed by atoms with van der Waals surface area (Å²) in [4.78, 5) is 14.7. The van der Waals surface area contributed by atoms with E-state index in [9.17, 15) is 21.6 Å². The van der Waals surface area contributed by atoms with E-state index in [4.69, 9.17) is 0 Å². The summed E-state index contributed by atoms with van der Waals surface area (Å²) in [6.45, 7) is 1.67. The van der Waals surface area contributed by atoms with Crippen molar-refractivity contribution in [1.29, 1.82) is 0 Å². The molecular weight excluding hydrogens is 414 g/mol. The molecule has 0 radical (unpaired) electrons. The van der Waals surface area contributed by atoms with Gasteiger partial charge in [-0.2, -0.15) is 4.31 Å². The summed E-state index contributed by atoms with van der Waals surface area (Å²) in [5.41, 5.74) is 0. The van der Waals surface area contributed by atoms with Crippen molar-refractivity contribution in [3.8, 4) is 0 Å². The maximum Gasteiger partial charge on any atom is 0.243 e. The van der Waals surface area contributed by atoms with Crippen LogP contribution < -0.4 is 4.72 Å². The van der Waals surface area contributed by atoms with Gasteiger partial charge in [-0.25, -0.2) is 21.6 Å². The molecule has 0 bridgehead atoms. The Morgan fingerprint density at radius 1 is 0.828 bits per heavy atom. The van der Waals surface area contributed by atoms with E-state index in [0.29, 0.717) is 32.5 Å². The number of hydrogen-bond acceptors (Lipinski definition) is 5. The van der Waals surface area contributed by atoms with Gasteiger partial charge in [-0.05, 0) is 62.8 Å². The van der Waals surface area contributed by atoms with Gasteiger partial charge in [-0.3, -0.25) is 4.79 Å². The average Bonchev–Trinajstić information content (AvgIpc) is 3.34. The lowest BCUT2D eigenvalue weighted by Crippen LogP contribution is -2.52. The number of nitrogens with one attached hydrogen (secondary N) is 1. The minimum Gasteiger partial charge on any atom is -0.341 e. The monoisotopic (exact) mass is 441 g/mol. The molecular formula is C19H27N3O5S2. The van der Waals surface area contributed by atoms with Crippen LogP contribution in [0.2, 0.25) is 0 Å². The predicted octanol–water partition coefficient (Wildman–Crippen LogP) is 1.29. The molecule has 0 aromatic heterocycles. The second-order valence-electron chi connectivity index (χ2n) is 8.03. The summed E-state index contributed by atoms with van der Waals surface area (Å²) in [7, 11) is -7.53. The van der Waals surface area contributed by atoms with E-state index >= 15 is 0 Å². The molecule has 3 aliphatic rings. The van der Waals surface area contributed by atoms with Crippen molar-refractivity contribution in [2.24, 2.45) is 0 Å². The van der Waals surface area contributed by atoms with Crippen molar-refractivity contribution in [1.82, 2.24) is 13.9 Å². The molecule has 1 aromatic rings. The number of nitrogens with zero attached hydrogens (tertiary/aromatic N) is 2. The zero-order valence-electron chi connectivity index (χ0n) is 16.3. The van der Waals surface area contributed by atoms with Crippen LogP contribution in [0, 0.1) is 0 Å². The molecule has 1 aliphatic carbocycles. The highest BCUT2D eigenvalue weighted by Crippen LogP contribution is 2.28. The van der Waals surface area contributed by atoms with Crippen LogP contribution in [0.5, 0.6) is 0 Å². The van der Waals surface area contributed by atoms with Crippen LogP contribution >= 0.6 is 0 Å². The number of hydrogen-bond donors (Lipinski definition) is 1. The van der Waals surface area contributed by atoms with Gasteiger partial charge in [0.05, 0.1) is 9.79 Å². The first-order chi connectivity index (χ1) is 13.8. The maximum absolute atomic E-state index is 13.3. The van der Waals surface area contributed by atoms with Gasteiger partial charge in [0, 0.05) is 25.7 Å². The molecule has 1 amide bonds. The van der Waals surface area contributed by atoms with Gasteiger partial charge in [0.25, 0.3) is 0 Å². The quantitative estimate of drug-likeness (QED) is 0.716. The van der Waals surface area contributed by atoms with Gasteiger partial charge in [0.1, 0.15) is 6.04 Å². The van der Waals surface area contributed by atoms with Crippen molar-refractivity contribution >= 4 is 26.0 Å². The Balaban J connectivity index is 1.56. The number of likely N-dealkylation sites (tertiary alicyclic amines) is 1. The molecule has 1 atom stereocenters. The molecule has 2 aliphatic heterocycles. The molecule has 3 fully saturated rings. The van der Waals surface area contributed by atoms with E-state index in [1.54, 1.807) is 4.90 Å². The van der Waals surface area contributed by atoms with E-state index in [1.807, 2.05) is 0 Å². The Labute approximate surface area is 172 Å². The van der Waals surface area contributed by atoms with E-state index < -0.39 is 26.1 Å². The van der Waals surface area contributed by atoms with Crippen LogP contribution in [0.15, 0.2) is 34.1 Å². The lowest BCUT2D eigenvalue weighted by atomic mass is 10.0. The predicted molar refractivity (Wildman–Crippen MR) is 107 cm³/mol. The molecule has 10 heteroatoms. The fraction of sp³-hybridized carbons (Fsp3) is 0.632. The summed E-state index contributed by atoms with van der Waals surface area (Å²) in [6.07, 6.45) is 5.61. The highest BCUT2D eigenvalue weighted by molar-refractivity contribution is 7.89. The maximum atomic E-state index is 13.3. The van der Waals surface area contributed by atoms with E-state index in [2.05, 4.69) is 4.72 Å². The molecule has 2 saturated heterocycles. The molecule has 1 aromatic carbocycles. The Morgan fingerprint density at radius 3 is 2.03 bits per heavy atom. The fourth-order valence-electron chi connectivity index (χ4n) is 4.00. The fourth-order valence-corrected chi connectivity index (χ4v) is 6.96. The molecule has 1 unspecified atom stereocenters. The van der Waals surface area contributed by atoms with Crippen LogP contribution in [0.4, 0.5) is 0 Å². The second kappa shape index (κ2) is 7.98. The molecule has 8 nitrogen and oxygen atoms in total. The third-order valence-electron chi connectivity index (χ3n) is 5.80. The summed E-state index contributed by atoms with van der Waals surface area (Å²) in [6, 6.07) is 4.59. The van der Waals surface area contributed by atoms with Crippen molar-refractivity contribution in [2.45, 2.75) is 66.8 Å². The topological polar surface area (TPSA) is 104 Å². The van der Waals surface area contributed by atoms with Crippen LogP contribution in [0.3, 0.4) is 0 Å². The van der Waals surface area contributed by atoms with E-state index in [1.165, 1.54) is 28.6 Å². The Kier molecular flexibility index (Phi) is 5.71. The summed E-state index contributed by atoms with van der Waals surface area (Å²) < 4.78 is 55.0. The minimum absolute atomic E-state index is 0.0176. The van der Waals surface area contributed by atoms with Gasteiger partial charge in [0.15, 0.2) is 0 Å². The molecule has 4 rings (SSSR count). The minimum atomic E-state index is -3.89. The second-order valence-corrected chi connectivity index (χ2v) is 11.6. The summed E-state index contributed by atoms with van der Waals surface area (Å²) in [5, 5.41) is 0. The van der Waals surface area contributed by atoms with Gasteiger partial charge in [-0.1, -0.05) is 6.42 Å². The van der Waals surface area contributed by atoms with Crippen LogP contribution in [0.1, 0.15) is 44.9 Å². The SMILES string of the molecule is O=C(C1CCCCN1S(=O)(=O)c1ccc(S(=O)(=O)NC2CC2)cc1)N1CCCC1. The van der Waals surface area contributed by atoms with Crippen molar-refractivity contribution < 1.29 is 21.6 Å². The number of piperidine rings is 1. The molecule has 160 valence electrons. The van der Waals surface area contributed by atoms with Crippen LogP contribution in [-0.2, 0) is 24.8 Å². The number of rotatable bonds is 6. The van der Waals surface area contributed by atoms with Gasteiger partial charge >= 0.3 is 0 Å². The first-order valence-corrected chi connectivity index (χ1v) is 13.1. The summed E-state index contributed by atoms with van der Waals surface area (Å²) >= 11 is 0. The number of carbonyl (C=O) groups excluding carboxylic acids is 1. The average molecular weight is 442 g/mol. The number of amides is 1. The number of sulfonamides is 2. The highest BCUT2D eigenvalue weighted by Gasteiger charge is 2.40. The molecule has 1 N–H and O–H groups in total. The lowest BCUT2D eigenvalue weighted by Gasteiger charge is -2.35. The zero-order valence-corrected chi connectivity index (χ0v) is 17.9. The smallest absolute Gasteiger partial charge is 0.243 e. The molecule has 2 heterocycles. The normalized spacial score (nSPS) is 24.0. The Bertz CT molecular complexity index is 966. The van der Waals surface area contributed by atoms with Gasteiger partial charge in [-0.15, -0.1) is 0 Å². The standard InChI is InChI=1S/C19H27N3O5S2/c23-19(21-12-3-4-13-21)18-5-1-2-14-22(18)29(26,27)17-10-8-16(9-11-17)28(24,25)20-15-6-7-15/h8-11,15,18,20H,1-7,12-14H2. The number of benzene rings is 1. The lowest BCUT2D eigenvalue weighted by molar-refractivity contribution is -0.135. The van der Waals surface area contributed by atoms with Crippen molar-refractivity contribution in [3.05, 3.63) is 24.3 Å². The highest BCUT2D eigenvalue weighted by atomic mass is 32.2. The third-order valence-corrected chi connectivity index (χ3v) is 9.26. The van der Waals surface area contributed by atoms with Crippen LogP contribution in [0.25, 0.3) is 0 Å². The number of carbonyl (C=O) groups is 1. The van der Waals surface area contributed by atoms with Gasteiger partial charge in [0.2, 0.25) is 26.0 Å². The molecule has 29 heavy (non-hydrogen) atoms. The van der Waals surface area contributed by atoms with Crippen molar-refractivity contribution in [3.63, 3.8) is 0 Å². The first-order valence-electron chi connectivity index (χ1n) is 10.2. The van der Waals surface area contributed by atoms with Crippen LogP contribution in [-0.4, -0.2) is 63.7 Å². The van der Waals surface area contributed by atoms with E-state index in [0.717, 1.165) is 32.1 Å². The Morgan fingerprint density at radius 2 is 1.41 bits per heavy atom. The van der Waals surface area contributed by atoms with Crippen molar-refractivity contribution in [2.75, 3.05) is 19.6 Å². The molecule has 1 saturated carbocycles. The summed E-state index contributed by atoms with van der Waals surface area (Å²) in [5.74, 6) is -0.112.